The molecule has 0 spiro atoms. The molecule has 2 heterocycles. The molecule has 0 aliphatic heterocycles. The van der Waals surface area contributed by atoms with Crippen LogP contribution in [0.2, 0.25) is 0 Å². The predicted octanol–water partition coefficient (Wildman–Crippen LogP) is 5.07. The van der Waals surface area contributed by atoms with Gasteiger partial charge in [0.2, 0.25) is 0 Å². The second kappa shape index (κ2) is 8.19. The fourth-order valence-electron chi connectivity index (χ4n) is 3.86. The lowest BCUT2D eigenvalue weighted by atomic mass is 10.0. The van der Waals surface area contributed by atoms with Crippen molar-refractivity contribution in [3.63, 3.8) is 0 Å². The lowest BCUT2D eigenvalue weighted by Crippen LogP contribution is -2.15. The Labute approximate surface area is 191 Å². The van der Waals surface area contributed by atoms with Crippen molar-refractivity contribution in [3.8, 4) is 28.3 Å². The highest BCUT2D eigenvalue weighted by Crippen LogP contribution is 2.32. The average molecular weight is 449 g/mol. The Bertz CT molecular complexity index is 1330. The first-order chi connectivity index (χ1) is 15.1. The fourth-order valence-corrected chi connectivity index (χ4v) is 4.48. The van der Waals surface area contributed by atoms with Crippen molar-refractivity contribution >= 4 is 10.8 Å². The van der Waals surface area contributed by atoms with Crippen molar-refractivity contribution in [1.29, 1.82) is 0 Å². The molecule has 0 aliphatic carbocycles. The smallest absolute Gasteiger partial charge is 0.161 e. The lowest BCUT2D eigenvalue weighted by molar-refractivity contribution is 0.0743. The summed E-state index contributed by atoms with van der Waals surface area (Å²) in [7, 11) is 0.642. The van der Waals surface area contributed by atoms with Gasteiger partial charge in [-0.05, 0) is 74.7 Å². The molecule has 0 saturated carbocycles. The number of aryl methyl sites for hydroxylation is 2. The highest BCUT2D eigenvalue weighted by molar-refractivity contribution is 7.84. The molecule has 1 N–H and O–H groups in total. The SMILES string of the molecule is Cc1cc(-c2cccc([SH+](C)=O)c2)ccc1-n1cc(C(C)(C)O)nc1-c1ccc(C)n1C. The first-order valence-corrected chi connectivity index (χ1v) is 12.3. The highest BCUT2D eigenvalue weighted by atomic mass is 32.2. The molecule has 0 radical (unpaired) electrons. The van der Waals surface area contributed by atoms with Gasteiger partial charge in [-0.3, -0.25) is 4.57 Å². The molecule has 0 bridgehead atoms. The van der Waals surface area contributed by atoms with E-state index >= 15 is 0 Å². The van der Waals surface area contributed by atoms with Gasteiger partial charge in [0.05, 0.1) is 17.1 Å². The van der Waals surface area contributed by atoms with Crippen LogP contribution in [0.25, 0.3) is 28.3 Å². The molecule has 0 fully saturated rings. The molecule has 4 rings (SSSR count). The number of benzene rings is 2. The van der Waals surface area contributed by atoms with Crippen LogP contribution >= 0.6 is 0 Å². The number of aromatic nitrogens is 3. The Balaban J connectivity index is 1.85. The largest absolute Gasteiger partial charge is 0.384 e. The summed E-state index contributed by atoms with van der Waals surface area (Å²) in [6.07, 6.45) is 3.65. The number of thiol groups is 1. The zero-order valence-corrected chi connectivity index (χ0v) is 20.3. The van der Waals surface area contributed by atoms with Crippen LogP contribution in [0.4, 0.5) is 0 Å². The monoisotopic (exact) mass is 448 g/mol. The summed E-state index contributed by atoms with van der Waals surface area (Å²) in [5.74, 6) is 0.790. The van der Waals surface area contributed by atoms with Crippen LogP contribution in [0.3, 0.4) is 0 Å². The number of imidazole rings is 1. The summed E-state index contributed by atoms with van der Waals surface area (Å²) in [4.78, 5) is 5.67. The van der Waals surface area contributed by atoms with Crippen LogP contribution < -0.4 is 0 Å². The summed E-state index contributed by atoms with van der Waals surface area (Å²) < 4.78 is 16.1. The van der Waals surface area contributed by atoms with Gasteiger partial charge < -0.3 is 9.67 Å². The minimum atomic E-state index is -1.38. The third kappa shape index (κ3) is 4.08. The van der Waals surface area contributed by atoms with Gasteiger partial charge in [0.15, 0.2) is 10.7 Å². The molecule has 2 aromatic heterocycles. The van der Waals surface area contributed by atoms with E-state index in [4.69, 9.17) is 4.98 Å². The molecule has 6 heteroatoms. The van der Waals surface area contributed by atoms with Crippen molar-refractivity contribution in [3.05, 3.63) is 77.7 Å². The Morgan fingerprint density at radius 1 is 1.00 bits per heavy atom. The van der Waals surface area contributed by atoms with Crippen molar-refractivity contribution in [2.75, 3.05) is 6.26 Å². The van der Waals surface area contributed by atoms with Crippen LogP contribution in [0.1, 0.15) is 30.8 Å². The fraction of sp³-hybridized carbons (Fsp3) is 0.269. The molecule has 0 saturated heterocycles. The summed E-state index contributed by atoms with van der Waals surface area (Å²) in [5, 5.41) is 10.6. The van der Waals surface area contributed by atoms with E-state index in [0.717, 1.165) is 44.5 Å². The van der Waals surface area contributed by atoms with Gasteiger partial charge in [-0.1, -0.05) is 18.2 Å². The molecule has 0 amide bonds. The number of hydrogen-bond donors (Lipinski definition) is 1. The van der Waals surface area contributed by atoms with Gasteiger partial charge >= 0.3 is 0 Å². The molecule has 0 aliphatic rings. The highest BCUT2D eigenvalue weighted by Gasteiger charge is 2.24. The quantitative estimate of drug-likeness (QED) is 0.342. The third-order valence-corrected chi connectivity index (χ3v) is 6.94. The number of nitrogens with zero attached hydrogens (tertiary/aromatic N) is 3. The normalized spacial score (nSPS) is 12.8. The second-order valence-corrected chi connectivity index (χ2v) is 10.4. The van der Waals surface area contributed by atoms with E-state index in [1.54, 1.807) is 20.1 Å². The zero-order chi connectivity index (χ0) is 23.2. The molecule has 1 unspecified atom stereocenters. The van der Waals surface area contributed by atoms with E-state index in [1.165, 1.54) is 0 Å². The van der Waals surface area contributed by atoms with Gasteiger partial charge in [-0.2, -0.15) is 0 Å². The maximum absolute atomic E-state index is 11.9. The summed E-state index contributed by atoms with van der Waals surface area (Å²) in [6, 6.07) is 18.3. The van der Waals surface area contributed by atoms with E-state index in [1.807, 2.05) is 37.5 Å². The molecule has 166 valence electrons. The number of aliphatic hydroxyl groups is 1. The third-order valence-electron chi connectivity index (χ3n) is 5.93. The number of rotatable bonds is 5. The van der Waals surface area contributed by atoms with E-state index in [0.29, 0.717) is 5.69 Å². The van der Waals surface area contributed by atoms with Crippen molar-refractivity contribution in [2.45, 2.75) is 38.2 Å². The first kappa shape index (κ1) is 22.2. The van der Waals surface area contributed by atoms with Crippen molar-refractivity contribution < 1.29 is 9.32 Å². The predicted molar refractivity (Wildman–Crippen MR) is 132 cm³/mol. The Morgan fingerprint density at radius 3 is 2.31 bits per heavy atom. The van der Waals surface area contributed by atoms with Gasteiger partial charge in [0.25, 0.3) is 0 Å². The van der Waals surface area contributed by atoms with Crippen LogP contribution in [0.5, 0.6) is 0 Å². The van der Waals surface area contributed by atoms with E-state index < -0.39 is 16.4 Å². The van der Waals surface area contributed by atoms with Gasteiger partial charge in [-0.25, -0.2) is 4.98 Å². The van der Waals surface area contributed by atoms with Crippen LogP contribution in [0, 0.1) is 13.8 Å². The molecular formula is C26H30N3O2S+. The Kier molecular flexibility index (Phi) is 5.69. The average Bonchev–Trinajstić information content (AvgIpc) is 3.32. The Morgan fingerprint density at radius 2 is 1.72 bits per heavy atom. The topological polar surface area (TPSA) is 60.1 Å². The molecule has 4 aromatic rings. The van der Waals surface area contributed by atoms with E-state index in [9.17, 15) is 9.32 Å². The van der Waals surface area contributed by atoms with E-state index in [-0.39, 0.29) is 0 Å². The molecule has 1 atom stereocenters. The lowest BCUT2D eigenvalue weighted by Gasteiger charge is -2.14. The van der Waals surface area contributed by atoms with Gasteiger partial charge in [0.1, 0.15) is 22.7 Å². The van der Waals surface area contributed by atoms with Gasteiger partial charge in [-0.15, -0.1) is 4.21 Å². The molecular weight excluding hydrogens is 418 g/mol. The minimum absolute atomic E-state index is 0.620. The molecule has 2 aromatic carbocycles. The van der Waals surface area contributed by atoms with Crippen LogP contribution in [-0.2, 0) is 27.7 Å². The Hall–Kier alpha value is -2.96. The summed E-state index contributed by atoms with van der Waals surface area (Å²) in [5.41, 5.74) is 5.90. The zero-order valence-electron chi connectivity index (χ0n) is 19.4. The first-order valence-electron chi connectivity index (χ1n) is 10.6. The number of hydrogen-bond acceptors (Lipinski definition) is 3. The minimum Gasteiger partial charge on any atom is -0.384 e. The van der Waals surface area contributed by atoms with E-state index in [2.05, 4.69) is 53.3 Å². The maximum Gasteiger partial charge on any atom is 0.161 e. The van der Waals surface area contributed by atoms with Crippen LogP contribution in [0.15, 0.2) is 65.7 Å². The van der Waals surface area contributed by atoms with Crippen molar-refractivity contribution in [2.24, 2.45) is 7.05 Å². The molecule has 32 heavy (non-hydrogen) atoms. The van der Waals surface area contributed by atoms with Crippen molar-refractivity contribution in [1.82, 2.24) is 14.1 Å². The second-order valence-electron chi connectivity index (χ2n) is 8.85. The maximum atomic E-state index is 11.9. The molecule has 5 nitrogen and oxygen atoms in total. The summed E-state index contributed by atoms with van der Waals surface area (Å²) in [6.45, 7) is 7.64. The van der Waals surface area contributed by atoms with Gasteiger partial charge in [0, 0.05) is 25.0 Å². The van der Waals surface area contributed by atoms with Crippen LogP contribution in [-0.4, -0.2) is 25.5 Å². The summed E-state index contributed by atoms with van der Waals surface area (Å²) >= 11 is 0. The standard InChI is InChI=1S/C26H29N3O2S/c1-17-14-20(19-8-7-9-21(15-19)32(6)31)11-13-22(17)29-16-24(26(3,4)30)27-25(29)23-12-10-18(2)28(23)5/h7-16,30H,1-6H3/p+1.